The fraction of sp³-hybridized carbons (Fsp3) is 0.500. The third-order valence-corrected chi connectivity index (χ3v) is 2.86. The molecule has 0 saturated heterocycles. The van der Waals surface area contributed by atoms with Crippen LogP contribution >= 0.6 is 0 Å². The number of hydrogen-bond donors (Lipinski definition) is 1. The van der Waals surface area contributed by atoms with Crippen molar-refractivity contribution in [2.45, 2.75) is 32.6 Å². The molecular weight excluding hydrogens is 230 g/mol. The first kappa shape index (κ1) is 14.7. The van der Waals surface area contributed by atoms with Crippen molar-refractivity contribution in [3.05, 3.63) is 35.4 Å². The molecule has 1 atom stereocenters. The molecule has 0 heterocycles. The summed E-state index contributed by atoms with van der Waals surface area (Å²) in [4.78, 5) is 12.0. The Morgan fingerprint density at radius 2 is 1.78 bits per heavy atom. The van der Waals surface area contributed by atoms with Crippen LogP contribution in [0.2, 0.25) is 0 Å². The second kappa shape index (κ2) is 7.13. The zero-order valence-corrected chi connectivity index (χ0v) is 11.4. The van der Waals surface area contributed by atoms with Crippen LogP contribution in [0.1, 0.15) is 29.8 Å². The second-order valence-electron chi connectivity index (χ2n) is 4.15. The van der Waals surface area contributed by atoms with E-state index in [9.17, 15) is 4.79 Å². The Labute approximate surface area is 108 Å². The van der Waals surface area contributed by atoms with E-state index in [1.807, 2.05) is 31.2 Å². The molecular formula is C14H21NO3. The van der Waals surface area contributed by atoms with Gasteiger partial charge in [0, 0.05) is 19.8 Å². The number of aryl methyl sites for hydroxylation is 1. The number of amides is 1. The third-order valence-electron chi connectivity index (χ3n) is 2.86. The van der Waals surface area contributed by atoms with Gasteiger partial charge in [0.05, 0.1) is 6.04 Å². The van der Waals surface area contributed by atoms with Gasteiger partial charge in [0.15, 0.2) is 6.29 Å². The average Bonchev–Trinajstić information content (AvgIpc) is 2.40. The number of carbonyl (C=O) groups excluding carboxylic acids is 1. The molecule has 0 saturated carbocycles. The predicted molar refractivity (Wildman–Crippen MR) is 70.6 cm³/mol. The lowest BCUT2D eigenvalue weighted by Gasteiger charge is -2.22. The molecule has 1 amide bonds. The number of benzene rings is 1. The molecule has 18 heavy (non-hydrogen) atoms. The number of nitrogens with one attached hydrogen (secondary N) is 1. The van der Waals surface area contributed by atoms with Crippen molar-refractivity contribution in [3.63, 3.8) is 0 Å². The Morgan fingerprint density at radius 1 is 1.22 bits per heavy atom. The largest absolute Gasteiger partial charge is 0.354 e. The molecule has 1 aromatic rings. The van der Waals surface area contributed by atoms with Gasteiger partial charge in [0.2, 0.25) is 0 Å². The normalized spacial score (nSPS) is 12.5. The van der Waals surface area contributed by atoms with Crippen molar-refractivity contribution in [2.24, 2.45) is 0 Å². The number of rotatable bonds is 6. The summed E-state index contributed by atoms with van der Waals surface area (Å²) in [5.74, 6) is -0.121. The Bertz CT molecular complexity index is 371. The topological polar surface area (TPSA) is 47.6 Å². The van der Waals surface area contributed by atoms with Gasteiger partial charge < -0.3 is 14.8 Å². The molecule has 0 aliphatic carbocycles. The van der Waals surface area contributed by atoms with E-state index in [4.69, 9.17) is 9.47 Å². The van der Waals surface area contributed by atoms with Gasteiger partial charge in [-0.25, -0.2) is 0 Å². The molecule has 0 aliphatic heterocycles. The van der Waals surface area contributed by atoms with E-state index >= 15 is 0 Å². The number of ether oxygens (including phenoxy) is 2. The van der Waals surface area contributed by atoms with Crippen LogP contribution in [0.5, 0.6) is 0 Å². The lowest BCUT2D eigenvalue weighted by molar-refractivity contribution is -0.117. The van der Waals surface area contributed by atoms with E-state index < -0.39 is 6.29 Å². The first-order chi connectivity index (χ1) is 8.62. The second-order valence-corrected chi connectivity index (χ2v) is 4.15. The minimum absolute atomic E-state index is 0.121. The van der Waals surface area contributed by atoms with Gasteiger partial charge in [0.1, 0.15) is 0 Å². The first-order valence-corrected chi connectivity index (χ1v) is 6.07. The van der Waals surface area contributed by atoms with Crippen molar-refractivity contribution >= 4 is 5.91 Å². The molecule has 1 N–H and O–H groups in total. The Balaban J connectivity index is 2.64. The summed E-state index contributed by atoms with van der Waals surface area (Å²) in [6, 6.07) is 7.37. The molecule has 1 aromatic carbocycles. The van der Waals surface area contributed by atoms with Gasteiger partial charge in [-0.1, -0.05) is 19.1 Å². The maximum atomic E-state index is 12.0. The highest BCUT2D eigenvalue weighted by atomic mass is 16.7. The van der Waals surface area contributed by atoms with E-state index in [1.165, 1.54) is 5.56 Å². The van der Waals surface area contributed by atoms with Gasteiger partial charge in [-0.2, -0.15) is 0 Å². The van der Waals surface area contributed by atoms with Crippen molar-refractivity contribution in [2.75, 3.05) is 14.2 Å². The summed E-state index contributed by atoms with van der Waals surface area (Å²) in [7, 11) is 3.10. The van der Waals surface area contributed by atoms with E-state index in [0.717, 1.165) is 6.42 Å². The Kier molecular flexibility index (Phi) is 5.82. The van der Waals surface area contributed by atoms with Crippen LogP contribution < -0.4 is 5.32 Å². The van der Waals surface area contributed by atoms with Gasteiger partial charge >= 0.3 is 0 Å². The van der Waals surface area contributed by atoms with Crippen molar-refractivity contribution in [1.29, 1.82) is 0 Å². The van der Waals surface area contributed by atoms with Gasteiger partial charge in [-0.05, 0) is 31.0 Å². The molecule has 0 radical (unpaired) electrons. The molecule has 0 bridgehead atoms. The summed E-state index contributed by atoms with van der Waals surface area (Å²) in [5, 5.41) is 2.85. The summed E-state index contributed by atoms with van der Waals surface area (Å²) in [5.41, 5.74) is 1.86. The molecule has 0 fully saturated rings. The van der Waals surface area contributed by atoms with Crippen LogP contribution in [0.4, 0.5) is 0 Å². The van der Waals surface area contributed by atoms with Crippen LogP contribution in [0, 0.1) is 0 Å². The number of methoxy groups -OCH3 is 2. The maximum absolute atomic E-state index is 12.0. The molecule has 1 unspecified atom stereocenters. The van der Waals surface area contributed by atoms with Gasteiger partial charge in [-0.15, -0.1) is 0 Å². The average molecular weight is 251 g/mol. The van der Waals surface area contributed by atoms with Crippen molar-refractivity contribution in [1.82, 2.24) is 5.32 Å². The fourth-order valence-electron chi connectivity index (χ4n) is 1.75. The SMILES string of the molecule is CCc1ccc(C(=O)NC(C)C(OC)OC)cc1. The molecule has 4 heteroatoms. The molecule has 1 rings (SSSR count). The van der Waals surface area contributed by atoms with Crippen LogP contribution in [-0.4, -0.2) is 32.5 Å². The lowest BCUT2D eigenvalue weighted by Crippen LogP contribution is -2.42. The van der Waals surface area contributed by atoms with Crippen LogP contribution in [0.15, 0.2) is 24.3 Å². The highest BCUT2D eigenvalue weighted by Gasteiger charge is 2.18. The molecule has 0 spiro atoms. The third kappa shape index (κ3) is 3.82. The monoisotopic (exact) mass is 251 g/mol. The lowest BCUT2D eigenvalue weighted by atomic mass is 10.1. The summed E-state index contributed by atoms with van der Waals surface area (Å²) in [6.07, 6.45) is 0.525. The van der Waals surface area contributed by atoms with E-state index in [2.05, 4.69) is 12.2 Å². The van der Waals surface area contributed by atoms with Crippen LogP contribution in [-0.2, 0) is 15.9 Å². The van der Waals surface area contributed by atoms with Crippen molar-refractivity contribution in [3.8, 4) is 0 Å². The summed E-state index contributed by atoms with van der Waals surface area (Å²) in [6.45, 7) is 3.93. The summed E-state index contributed by atoms with van der Waals surface area (Å²) < 4.78 is 10.2. The quantitative estimate of drug-likeness (QED) is 0.786. The maximum Gasteiger partial charge on any atom is 0.251 e. The number of carbonyl (C=O) groups is 1. The first-order valence-electron chi connectivity index (χ1n) is 6.07. The van der Waals surface area contributed by atoms with E-state index in [-0.39, 0.29) is 11.9 Å². The zero-order valence-electron chi connectivity index (χ0n) is 11.4. The minimum Gasteiger partial charge on any atom is -0.354 e. The van der Waals surface area contributed by atoms with Gasteiger partial charge in [-0.3, -0.25) is 4.79 Å². The standard InChI is InChI=1S/C14H21NO3/c1-5-11-6-8-12(9-7-11)13(16)15-10(2)14(17-3)18-4/h6-10,14H,5H2,1-4H3,(H,15,16). The Hall–Kier alpha value is -1.39. The highest BCUT2D eigenvalue weighted by Crippen LogP contribution is 2.06. The summed E-state index contributed by atoms with van der Waals surface area (Å²) >= 11 is 0. The zero-order chi connectivity index (χ0) is 13.5. The van der Waals surface area contributed by atoms with Crippen LogP contribution in [0.3, 0.4) is 0 Å². The molecule has 0 aliphatic rings. The van der Waals surface area contributed by atoms with E-state index in [0.29, 0.717) is 5.56 Å². The Morgan fingerprint density at radius 3 is 2.22 bits per heavy atom. The van der Waals surface area contributed by atoms with E-state index in [1.54, 1.807) is 14.2 Å². The molecule has 100 valence electrons. The molecule has 0 aromatic heterocycles. The minimum atomic E-state index is -0.441. The van der Waals surface area contributed by atoms with Crippen molar-refractivity contribution < 1.29 is 14.3 Å². The smallest absolute Gasteiger partial charge is 0.251 e. The van der Waals surface area contributed by atoms with Gasteiger partial charge in [0.25, 0.3) is 5.91 Å². The highest BCUT2D eigenvalue weighted by molar-refractivity contribution is 5.94. The fourth-order valence-corrected chi connectivity index (χ4v) is 1.75. The number of hydrogen-bond acceptors (Lipinski definition) is 3. The molecule has 4 nitrogen and oxygen atoms in total. The predicted octanol–water partition coefficient (Wildman–Crippen LogP) is 1.99. The van der Waals surface area contributed by atoms with Crippen LogP contribution in [0.25, 0.3) is 0 Å².